The van der Waals surface area contributed by atoms with Crippen molar-refractivity contribution in [1.82, 2.24) is 9.88 Å². The van der Waals surface area contributed by atoms with Crippen LogP contribution in [-0.4, -0.2) is 42.0 Å². The second-order valence-electron chi connectivity index (χ2n) is 6.17. The predicted octanol–water partition coefficient (Wildman–Crippen LogP) is 4.33. The van der Waals surface area contributed by atoms with Gasteiger partial charge in [-0.1, -0.05) is 12.1 Å². The second kappa shape index (κ2) is 6.77. The summed E-state index contributed by atoms with van der Waals surface area (Å²) in [5, 5.41) is 1.13. The van der Waals surface area contributed by atoms with E-state index in [9.17, 15) is 4.79 Å². The Morgan fingerprint density at radius 3 is 2.60 bits per heavy atom. The van der Waals surface area contributed by atoms with Gasteiger partial charge in [0.15, 0.2) is 0 Å². The SMILES string of the molecule is Cc1ccc(C(=O)N2CCN(c3ccc4cccc(Br)c4n3)CC2)s1. The molecule has 128 valence electrons. The lowest BCUT2D eigenvalue weighted by molar-refractivity contribution is 0.0751. The maximum absolute atomic E-state index is 12.6. The number of aromatic nitrogens is 1. The predicted molar refractivity (Wildman–Crippen MR) is 107 cm³/mol. The van der Waals surface area contributed by atoms with Crippen LogP contribution >= 0.6 is 27.3 Å². The van der Waals surface area contributed by atoms with E-state index in [4.69, 9.17) is 4.98 Å². The van der Waals surface area contributed by atoms with Gasteiger partial charge in [0.25, 0.3) is 5.91 Å². The van der Waals surface area contributed by atoms with Crippen molar-refractivity contribution in [2.24, 2.45) is 0 Å². The number of para-hydroxylation sites is 1. The minimum Gasteiger partial charge on any atom is -0.353 e. The van der Waals surface area contributed by atoms with E-state index in [1.165, 1.54) is 4.88 Å². The number of carbonyl (C=O) groups is 1. The fourth-order valence-corrected chi connectivity index (χ4v) is 4.43. The van der Waals surface area contributed by atoms with Crippen molar-refractivity contribution in [1.29, 1.82) is 0 Å². The van der Waals surface area contributed by atoms with E-state index in [1.807, 2.05) is 36.1 Å². The molecule has 0 spiro atoms. The van der Waals surface area contributed by atoms with Crippen LogP contribution in [0.2, 0.25) is 0 Å². The first-order valence-corrected chi connectivity index (χ1v) is 9.89. The summed E-state index contributed by atoms with van der Waals surface area (Å²) in [6, 6.07) is 14.2. The molecule has 2 aromatic heterocycles. The van der Waals surface area contributed by atoms with Gasteiger partial charge in [-0.15, -0.1) is 11.3 Å². The highest BCUT2D eigenvalue weighted by Gasteiger charge is 2.23. The Balaban J connectivity index is 1.48. The monoisotopic (exact) mass is 415 g/mol. The summed E-state index contributed by atoms with van der Waals surface area (Å²) >= 11 is 5.15. The van der Waals surface area contributed by atoms with Gasteiger partial charge in [-0.3, -0.25) is 4.79 Å². The van der Waals surface area contributed by atoms with Crippen LogP contribution in [-0.2, 0) is 0 Å². The van der Waals surface area contributed by atoms with Crippen LogP contribution in [0.25, 0.3) is 10.9 Å². The molecule has 6 heteroatoms. The van der Waals surface area contributed by atoms with Crippen LogP contribution in [0.1, 0.15) is 14.5 Å². The second-order valence-corrected chi connectivity index (χ2v) is 8.31. The maximum atomic E-state index is 12.6. The van der Waals surface area contributed by atoms with Crippen LogP contribution < -0.4 is 4.90 Å². The van der Waals surface area contributed by atoms with E-state index >= 15 is 0 Å². The molecule has 3 aromatic rings. The number of fused-ring (bicyclic) bond motifs is 1. The lowest BCUT2D eigenvalue weighted by atomic mass is 10.2. The number of hydrogen-bond donors (Lipinski definition) is 0. The van der Waals surface area contributed by atoms with Crippen molar-refractivity contribution in [3.63, 3.8) is 0 Å². The molecule has 1 fully saturated rings. The first-order chi connectivity index (χ1) is 12.1. The van der Waals surface area contributed by atoms with Crippen LogP contribution in [0.4, 0.5) is 5.82 Å². The Labute approximate surface area is 159 Å². The molecular formula is C19H18BrN3OS. The molecule has 1 saturated heterocycles. The fraction of sp³-hybridized carbons (Fsp3) is 0.263. The van der Waals surface area contributed by atoms with Crippen molar-refractivity contribution in [2.75, 3.05) is 31.1 Å². The molecular weight excluding hydrogens is 398 g/mol. The highest BCUT2D eigenvalue weighted by atomic mass is 79.9. The number of anilines is 1. The molecule has 25 heavy (non-hydrogen) atoms. The van der Waals surface area contributed by atoms with Crippen molar-refractivity contribution < 1.29 is 4.79 Å². The number of hydrogen-bond acceptors (Lipinski definition) is 4. The van der Waals surface area contributed by atoms with Crippen LogP contribution in [0.3, 0.4) is 0 Å². The quantitative estimate of drug-likeness (QED) is 0.624. The van der Waals surface area contributed by atoms with Crippen molar-refractivity contribution in [3.8, 4) is 0 Å². The van der Waals surface area contributed by atoms with Crippen LogP contribution in [0.15, 0.2) is 46.9 Å². The zero-order valence-electron chi connectivity index (χ0n) is 13.9. The maximum Gasteiger partial charge on any atom is 0.264 e. The number of benzene rings is 1. The summed E-state index contributed by atoms with van der Waals surface area (Å²) in [6.07, 6.45) is 0. The fourth-order valence-electron chi connectivity index (χ4n) is 3.12. The molecule has 0 radical (unpaired) electrons. The van der Waals surface area contributed by atoms with E-state index in [0.717, 1.165) is 52.2 Å². The molecule has 4 nitrogen and oxygen atoms in total. The number of rotatable bonds is 2. The Hall–Kier alpha value is -1.92. The van der Waals surface area contributed by atoms with Gasteiger partial charge >= 0.3 is 0 Å². The van der Waals surface area contributed by atoms with E-state index in [0.29, 0.717) is 0 Å². The Bertz CT molecular complexity index is 931. The van der Waals surface area contributed by atoms with Gasteiger partial charge in [-0.05, 0) is 53.2 Å². The van der Waals surface area contributed by atoms with Crippen molar-refractivity contribution >= 4 is 49.9 Å². The Morgan fingerprint density at radius 2 is 1.88 bits per heavy atom. The van der Waals surface area contributed by atoms with E-state index in [1.54, 1.807) is 11.3 Å². The third-order valence-corrected chi connectivity index (χ3v) is 6.13. The average molecular weight is 416 g/mol. The molecule has 0 N–H and O–H groups in total. The zero-order valence-corrected chi connectivity index (χ0v) is 16.3. The molecule has 0 unspecified atom stereocenters. The summed E-state index contributed by atoms with van der Waals surface area (Å²) in [5.74, 6) is 1.12. The number of thiophene rings is 1. The topological polar surface area (TPSA) is 36.4 Å². The lowest BCUT2D eigenvalue weighted by Crippen LogP contribution is -2.48. The van der Waals surface area contributed by atoms with Gasteiger partial charge in [-0.2, -0.15) is 0 Å². The molecule has 1 aliphatic heterocycles. The highest BCUT2D eigenvalue weighted by Crippen LogP contribution is 2.26. The van der Waals surface area contributed by atoms with Gasteiger partial charge in [-0.25, -0.2) is 4.98 Å². The first kappa shape index (κ1) is 16.5. The van der Waals surface area contributed by atoms with Gasteiger partial charge in [0, 0.05) is 40.9 Å². The van der Waals surface area contributed by atoms with Crippen LogP contribution in [0, 0.1) is 6.92 Å². The lowest BCUT2D eigenvalue weighted by Gasteiger charge is -2.35. The average Bonchev–Trinajstić information content (AvgIpc) is 3.08. The number of pyridine rings is 1. The smallest absolute Gasteiger partial charge is 0.264 e. The molecule has 0 aliphatic carbocycles. The number of nitrogens with zero attached hydrogens (tertiary/aromatic N) is 3. The van der Waals surface area contributed by atoms with Crippen LogP contribution in [0.5, 0.6) is 0 Å². The minimum atomic E-state index is 0.145. The molecule has 1 aromatic carbocycles. The van der Waals surface area contributed by atoms with Gasteiger partial charge in [0.1, 0.15) is 5.82 Å². The zero-order chi connectivity index (χ0) is 17.4. The van der Waals surface area contributed by atoms with Gasteiger partial charge in [0.2, 0.25) is 0 Å². The standard InChI is InChI=1S/C19H18BrN3OS/c1-13-5-7-16(25-13)19(24)23-11-9-22(10-12-23)17-8-6-14-3-2-4-15(20)18(14)21-17/h2-8H,9-12H2,1H3. The third-order valence-electron chi connectivity index (χ3n) is 4.50. The van der Waals surface area contributed by atoms with E-state index in [-0.39, 0.29) is 5.91 Å². The first-order valence-electron chi connectivity index (χ1n) is 8.28. The summed E-state index contributed by atoms with van der Waals surface area (Å²) < 4.78 is 1.01. The normalized spacial score (nSPS) is 15.0. The highest BCUT2D eigenvalue weighted by molar-refractivity contribution is 9.10. The van der Waals surface area contributed by atoms with E-state index < -0.39 is 0 Å². The Morgan fingerprint density at radius 1 is 1.08 bits per heavy atom. The Kier molecular flexibility index (Phi) is 4.48. The number of piperazine rings is 1. The molecule has 1 amide bonds. The van der Waals surface area contributed by atoms with E-state index in [2.05, 4.69) is 39.0 Å². The summed E-state index contributed by atoms with van der Waals surface area (Å²) in [6.45, 7) is 5.10. The minimum absolute atomic E-state index is 0.145. The molecule has 0 bridgehead atoms. The summed E-state index contributed by atoms with van der Waals surface area (Å²) in [5.41, 5.74) is 0.979. The molecule has 0 saturated carbocycles. The number of amides is 1. The number of carbonyl (C=O) groups excluding carboxylic acids is 1. The third kappa shape index (κ3) is 3.28. The number of halogens is 1. The molecule has 0 atom stereocenters. The molecule has 4 rings (SSSR count). The van der Waals surface area contributed by atoms with Gasteiger partial charge in [0.05, 0.1) is 10.4 Å². The van der Waals surface area contributed by atoms with Gasteiger partial charge < -0.3 is 9.80 Å². The largest absolute Gasteiger partial charge is 0.353 e. The number of aryl methyl sites for hydroxylation is 1. The van der Waals surface area contributed by atoms with Crippen molar-refractivity contribution in [2.45, 2.75) is 6.92 Å². The summed E-state index contributed by atoms with van der Waals surface area (Å²) in [7, 11) is 0. The summed E-state index contributed by atoms with van der Waals surface area (Å²) in [4.78, 5) is 23.6. The molecule has 1 aliphatic rings. The molecule has 3 heterocycles. The van der Waals surface area contributed by atoms with Crippen molar-refractivity contribution in [3.05, 3.63) is 56.7 Å².